The number of aromatic nitrogens is 1. The van der Waals surface area contributed by atoms with Crippen molar-refractivity contribution < 1.29 is 9.53 Å². The van der Waals surface area contributed by atoms with E-state index in [9.17, 15) is 10.1 Å². The van der Waals surface area contributed by atoms with E-state index in [4.69, 9.17) is 16.3 Å². The minimum Gasteiger partial charge on any atom is -0.497 e. The number of hydrogen-bond donors (Lipinski definition) is 2. The molecule has 0 aliphatic rings. The molecule has 1 aromatic heterocycles. The average molecular weight is 429 g/mol. The van der Waals surface area contributed by atoms with Crippen molar-refractivity contribution in [1.29, 1.82) is 5.26 Å². The standard InChI is InChI=1S/C18H15N3O2.C3H8ClN.C2H6/c1-21-17-9-14(23-2)6-7-15(17)16(10-19)18(21)12-4-3-5-13(8-12)20-11-22;1-5-3-2-4;1-2/h3-9,11H,1-2H3,(H,20,22);5H,2-3H2,1H3;1-2H3. The Morgan fingerprint density at radius 2 is 1.97 bits per heavy atom. The van der Waals surface area contributed by atoms with E-state index < -0.39 is 0 Å². The van der Waals surface area contributed by atoms with Crippen molar-refractivity contribution in [3.8, 4) is 23.1 Å². The molecule has 1 heterocycles. The number of aryl methyl sites for hydroxylation is 1. The van der Waals surface area contributed by atoms with E-state index in [0.717, 1.165) is 34.5 Å². The van der Waals surface area contributed by atoms with Gasteiger partial charge < -0.3 is 19.9 Å². The predicted octanol–water partition coefficient (Wildman–Crippen LogP) is 4.76. The third-order valence-corrected chi connectivity index (χ3v) is 4.41. The minimum absolute atomic E-state index is 0.605. The summed E-state index contributed by atoms with van der Waals surface area (Å²) in [4.78, 5) is 10.6. The summed E-state index contributed by atoms with van der Waals surface area (Å²) in [6.07, 6.45) is 0.636. The maximum absolute atomic E-state index is 10.6. The van der Waals surface area contributed by atoms with E-state index in [1.165, 1.54) is 0 Å². The highest BCUT2D eigenvalue weighted by Gasteiger charge is 2.17. The van der Waals surface area contributed by atoms with Crippen molar-refractivity contribution in [1.82, 2.24) is 9.88 Å². The van der Waals surface area contributed by atoms with Gasteiger partial charge >= 0.3 is 0 Å². The van der Waals surface area contributed by atoms with Crippen molar-refractivity contribution >= 4 is 34.6 Å². The van der Waals surface area contributed by atoms with Crippen molar-refractivity contribution in [2.75, 3.05) is 31.9 Å². The number of fused-ring (bicyclic) bond motifs is 1. The van der Waals surface area contributed by atoms with Crippen LogP contribution < -0.4 is 15.4 Å². The maximum Gasteiger partial charge on any atom is 0.211 e. The van der Waals surface area contributed by atoms with E-state index in [1.54, 1.807) is 13.2 Å². The highest BCUT2D eigenvalue weighted by atomic mass is 35.5. The summed E-state index contributed by atoms with van der Waals surface area (Å²) in [6.45, 7) is 4.90. The molecule has 2 N–H and O–H groups in total. The Morgan fingerprint density at radius 3 is 2.50 bits per heavy atom. The van der Waals surface area contributed by atoms with Crippen LogP contribution in [-0.2, 0) is 11.8 Å². The van der Waals surface area contributed by atoms with Crippen molar-refractivity contribution in [2.24, 2.45) is 7.05 Å². The number of ether oxygens (including phenoxy) is 1. The summed E-state index contributed by atoms with van der Waals surface area (Å²) in [5.74, 6) is 1.45. The Balaban J connectivity index is 0.000000565. The zero-order valence-corrected chi connectivity index (χ0v) is 18.9. The molecule has 0 fully saturated rings. The number of nitriles is 1. The first-order valence-electron chi connectivity index (χ1n) is 9.68. The van der Waals surface area contributed by atoms with E-state index in [1.807, 2.05) is 68.9 Å². The summed E-state index contributed by atoms with van der Waals surface area (Å²) in [7, 11) is 5.41. The zero-order valence-electron chi connectivity index (χ0n) is 18.1. The van der Waals surface area contributed by atoms with E-state index >= 15 is 0 Å². The first-order valence-corrected chi connectivity index (χ1v) is 10.2. The van der Waals surface area contributed by atoms with E-state index in [0.29, 0.717) is 23.5 Å². The molecule has 3 aromatic rings. The van der Waals surface area contributed by atoms with Crippen LogP contribution in [0.25, 0.3) is 22.2 Å². The molecule has 0 saturated carbocycles. The number of halogens is 1. The quantitative estimate of drug-likeness (QED) is 0.438. The van der Waals surface area contributed by atoms with Gasteiger partial charge in [0.25, 0.3) is 0 Å². The molecule has 0 saturated heterocycles. The monoisotopic (exact) mass is 428 g/mol. The second-order valence-corrected chi connectivity index (χ2v) is 6.29. The second kappa shape index (κ2) is 13.3. The number of rotatable bonds is 6. The number of benzene rings is 2. The Kier molecular flexibility index (Phi) is 11.1. The van der Waals surface area contributed by atoms with Crippen LogP contribution in [0.1, 0.15) is 19.4 Å². The molecule has 0 unspecified atom stereocenters. The lowest BCUT2D eigenvalue weighted by Gasteiger charge is -2.07. The molecule has 0 aliphatic heterocycles. The normalized spacial score (nSPS) is 9.50. The third kappa shape index (κ3) is 5.99. The molecule has 0 spiro atoms. The van der Waals surface area contributed by atoms with Crippen LogP contribution in [0.2, 0.25) is 0 Å². The van der Waals surface area contributed by atoms with Crippen molar-refractivity contribution in [3.63, 3.8) is 0 Å². The summed E-state index contributed by atoms with van der Waals surface area (Å²) in [5, 5.41) is 16.0. The fourth-order valence-corrected chi connectivity index (χ4v) is 3.10. The molecule has 0 radical (unpaired) electrons. The first kappa shape index (κ1) is 25.0. The largest absolute Gasteiger partial charge is 0.497 e. The predicted molar refractivity (Wildman–Crippen MR) is 125 cm³/mol. The van der Waals surface area contributed by atoms with Crippen LogP contribution >= 0.6 is 11.6 Å². The van der Waals surface area contributed by atoms with Gasteiger partial charge in [-0.1, -0.05) is 26.0 Å². The number of amides is 1. The SMILES string of the molecule is CC.CNCCCl.COc1ccc2c(C#N)c(-c3cccc(NC=O)c3)n(C)c2c1. The van der Waals surface area contributed by atoms with Gasteiger partial charge in [-0.25, -0.2) is 0 Å². The molecule has 1 amide bonds. The summed E-state index contributed by atoms with van der Waals surface area (Å²) in [5.41, 5.74) is 3.89. The van der Waals surface area contributed by atoms with Crippen LogP contribution in [0.5, 0.6) is 5.75 Å². The van der Waals surface area contributed by atoms with Gasteiger partial charge in [0.05, 0.1) is 23.9 Å². The summed E-state index contributed by atoms with van der Waals surface area (Å²) < 4.78 is 7.24. The molecule has 2 aromatic carbocycles. The van der Waals surface area contributed by atoms with Gasteiger partial charge in [-0.2, -0.15) is 5.26 Å². The molecule has 3 rings (SSSR count). The lowest BCUT2D eigenvalue weighted by molar-refractivity contribution is -0.105. The summed E-state index contributed by atoms with van der Waals surface area (Å²) >= 11 is 5.24. The van der Waals surface area contributed by atoms with Gasteiger partial charge in [0.1, 0.15) is 11.8 Å². The summed E-state index contributed by atoms with van der Waals surface area (Å²) in [6, 6.07) is 15.4. The highest BCUT2D eigenvalue weighted by molar-refractivity contribution is 6.18. The number of alkyl halides is 1. The van der Waals surface area contributed by atoms with Crippen molar-refractivity contribution in [3.05, 3.63) is 48.0 Å². The van der Waals surface area contributed by atoms with Crippen molar-refractivity contribution in [2.45, 2.75) is 13.8 Å². The highest BCUT2D eigenvalue weighted by Crippen LogP contribution is 2.35. The van der Waals surface area contributed by atoms with Gasteiger partial charge in [0, 0.05) is 42.2 Å². The molecule has 0 atom stereocenters. The van der Waals surface area contributed by atoms with Crippen LogP contribution in [-0.4, -0.2) is 37.6 Å². The number of carbonyl (C=O) groups is 1. The zero-order chi connectivity index (χ0) is 22.5. The smallest absolute Gasteiger partial charge is 0.211 e. The molecule has 0 bridgehead atoms. The molecule has 7 heteroatoms. The van der Waals surface area contributed by atoms with Crippen LogP contribution in [0.4, 0.5) is 5.69 Å². The first-order chi connectivity index (χ1) is 14.6. The minimum atomic E-state index is 0.605. The molecular formula is C23H29ClN4O2. The number of carbonyl (C=O) groups excluding carboxylic acids is 1. The van der Waals surface area contributed by atoms with Crippen LogP contribution in [0, 0.1) is 11.3 Å². The number of nitrogens with one attached hydrogen (secondary N) is 2. The van der Waals surface area contributed by atoms with Gasteiger partial charge in [0.15, 0.2) is 0 Å². The third-order valence-electron chi connectivity index (χ3n) is 4.23. The Morgan fingerprint density at radius 1 is 1.23 bits per heavy atom. The van der Waals surface area contributed by atoms with E-state index in [-0.39, 0.29) is 0 Å². The maximum atomic E-state index is 10.6. The number of methoxy groups -OCH3 is 1. The lowest BCUT2D eigenvalue weighted by Crippen LogP contribution is -2.07. The average Bonchev–Trinajstić information content (AvgIpc) is 3.07. The fourth-order valence-electron chi connectivity index (χ4n) is 2.91. The molecule has 30 heavy (non-hydrogen) atoms. The Labute approximate surface area is 183 Å². The van der Waals surface area contributed by atoms with Gasteiger partial charge in [0.2, 0.25) is 6.41 Å². The number of anilines is 1. The van der Waals surface area contributed by atoms with E-state index in [2.05, 4.69) is 16.7 Å². The van der Waals surface area contributed by atoms with Crippen LogP contribution in [0.3, 0.4) is 0 Å². The van der Waals surface area contributed by atoms with Gasteiger partial charge in [-0.3, -0.25) is 4.79 Å². The fraction of sp³-hybridized carbons (Fsp3) is 0.304. The van der Waals surface area contributed by atoms with Gasteiger partial charge in [-0.15, -0.1) is 11.6 Å². The second-order valence-electron chi connectivity index (χ2n) is 5.91. The molecular weight excluding hydrogens is 400 g/mol. The molecule has 0 aliphatic carbocycles. The Hall–Kier alpha value is -3.01. The van der Waals surface area contributed by atoms with Gasteiger partial charge in [-0.05, 0) is 31.3 Å². The topological polar surface area (TPSA) is 79.1 Å². The number of hydrogen-bond acceptors (Lipinski definition) is 4. The lowest BCUT2D eigenvalue weighted by atomic mass is 10.1. The number of nitrogens with zero attached hydrogens (tertiary/aromatic N) is 2. The van der Waals surface area contributed by atoms with Crippen LogP contribution in [0.15, 0.2) is 42.5 Å². The Bertz CT molecular complexity index is 991. The molecule has 6 nitrogen and oxygen atoms in total. The molecule has 160 valence electrons.